The number of hydrogen-bond donors (Lipinski definition) is 1. The second-order valence-corrected chi connectivity index (χ2v) is 12.3. The molecule has 5 rings (SSSR count). The number of Topliss-reactive ketones (excluding diaryl/α,β-unsaturated/α-hetero) is 1. The lowest BCUT2D eigenvalue weighted by molar-refractivity contribution is -0.140. The summed E-state index contributed by atoms with van der Waals surface area (Å²) in [5.74, 6) is 0.268. The van der Waals surface area contributed by atoms with E-state index in [-0.39, 0.29) is 41.0 Å². The van der Waals surface area contributed by atoms with E-state index in [1.54, 1.807) is 22.0 Å². The van der Waals surface area contributed by atoms with Crippen molar-refractivity contribution < 1.29 is 14.4 Å². The van der Waals surface area contributed by atoms with Crippen LogP contribution in [0.3, 0.4) is 0 Å². The molecule has 0 radical (unpaired) electrons. The van der Waals surface area contributed by atoms with Crippen molar-refractivity contribution in [2.75, 3.05) is 6.54 Å². The van der Waals surface area contributed by atoms with E-state index in [4.69, 9.17) is 0 Å². The second-order valence-electron chi connectivity index (χ2n) is 12.3. The van der Waals surface area contributed by atoms with Crippen LogP contribution in [0.5, 0.6) is 0 Å². The maximum Gasteiger partial charge on any atom is 0.245 e. The third kappa shape index (κ3) is 4.93. The van der Waals surface area contributed by atoms with Crippen LogP contribution in [0.1, 0.15) is 70.2 Å². The summed E-state index contributed by atoms with van der Waals surface area (Å²) in [6.45, 7) is 12.4. The molecule has 3 heterocycles. The van der Waals surface area contributed by atoms with Gasteiger partial charge in [0.1, 0.15) is 24.1 Å². The number of carbonyl (C=O) groups is 3. The smallest absolute Gasteiger partial charge is 0.245 e. The van der Waals surface area contributed by atoms with E-state index < -0.39 is 6.04 Å². The van der Waals surface area contributed by atoms with Gasteiger partial charge in [0.25, 0.3) is 0 Å². The Labute approximate surface area is 223 Å². The zero-order chi connectivity index (χ0) is 27.4. The lowest BCUT2D eigenvalue weighted by Crippen LogP contribution is -2.49. The Balaban J connectivity index is 1.39. The van der Waals surface area contributed by atoms with Gasteiger partial charge in [0, 0.05) is 42.9 Å². The van der Waals surface area contributed by atoms with Gasteiger partial charge in [0.05, 0.1) is 5.52 Å². The predicted molar refractivity (Wildman–Crippen MR) is 144 cm³/mol. The van der Waals surface area contributed by atoms with Crippen LogP contribution in [0.2, 0.25) is 0 Å². The summed E-state index contributed by atoms with van der Waals surface area (Å²) in [6, 6.07) is 5.28. The van der Waals surface area contributed by atoms with E-state index >= 15 is 0 Å². The Morgan fingerprint density at radius 2 is 1.82 bits per heavy atom. The summed E-state index contributed by atoms with van der Waals surface area (Å²) < 4.78 is 1.59. The first-order valence-corrected chi connectivity index (χ1v) is 13.3. The van der Waals surface area contributed by atoms with Crippen LogP contribution < -0.4 is 5.32 Å². The molecule has 1 N–H and O–H groups in total. The highest BCUT2D eigenvalue weighted by atomic mass is 16.2. The highest BCUT2D eigenvalue weighted by Gasteiger charge is 2.64. The third-order valence-electron chi connectivity index (χ3n) is 7.88. The van der Waals surface area contributed by atoms with E-state index in [2.05, 4.69) is 48.1 Å². The molecule has 1 saturated carbocycles. The highest BCUT2D eigenvalue weighted by molar-refractivity contribution is 6.06. The van der Waals surface area contributed by atoms with Gasteiger partial charge in [-0.05, 0) is 54.7 Å². The Hall–Kier alpha value is -3.62. The van der Waals surface area contributed by atoms with Gasteiger partial charge in [-0.1, -0.05) is 33.8 Å². The summed E-state index contributed by atoms with van der Waals surface area (Å²) >= 11 is 0. The maximum atomic E-state index is 13.7. The molecule has 2 aliphatic rings. The second kappa shape index (κ2) is 9.29. The largest absolute Gasteiger partial charge is 0.354 e. The number of likely N-dealkylation sites (tertiary alicyclic amines) is 1. The number of piperidine rings is 1. The number of nitrogens with zero attached hydrogens (tertiary/aromatic N) is 5. The molecule has 0 bridgehead atoms. The van der Waals surface area contributed by atoms with Gasteiger partial charge in [-0.3, -0.25) is 19.1 Å². The van der Waals surface area contributed by atoms with Crippen LogP contribution >= 0.6 is 0 Å². The van der Waals surface area contributed by atoms with Gasteiger partial charge >= 0.3 is 0 Å². The molecule has 0 spiro atoms. The van der Waals surface area contributed by atoms with Crippen LogP contribution in [-0.2, 0) is 16.1 Å². The van der Waals surface area contributed by atoms with Crippen LogP contribution in [0, 0.1) is 17.8 Å². The number of rotatable bonds is 7. The van der Waals surface area contributed by atoms with Gasteiger partial charge in [0.15, 0.2) is 5.78 Å². The van der Waals surface area contributed by atoms with Crippen molar-refractivity contribution in [3.63, 3.8) is 0 Å². The molecular formula is C29H36N6O3. The minimum atomic E-state index is -0.478. The van der Waals surface area contributed by atoms with E-state index in [1.807, 2.05) is 25.1 Å². The fraction of sp³-hybridized carbons (Fsp3) is 0.517. The lowest BCUT2D eigenvalue weighted by Gasteiger charge is -2.27. The molecule has 200 valence electrons. The molecule has 38 heavy (non-hydrogen) atoms. The monoisotopic (exact) mass is 516 g/mol. The Kier molecular flexibility index (Phi) is 6.36. The van der Waals surface area contributed by atoms with Gasteiger partial charge in [-0.15, -0.1) is 0 Å². The average molecular weight is 517 g/mol. The Morgan fingerprint density at radius 1 is 1.11 bits per heavy atom. The number of amides is 2. The summed E-state index contributed by atoms with van der Waals surface area (Å²) in [7, 11) is 0. The summed E-state index contributed by atoms with van der Waals surface area (Å²) in [5.41, 5.74) is 2.83. The van der Waals surface area contributed by atoms with Gasteiger partial charge in [0.2, 0.25) is 11.8 Å². The van der Waals surface area contributed by atoms with E-state index in [0.717, 1.165) is 24.0 Å². The van der Waals surface area contributed by atoms with Crippen LogP contribution in [0.25, 0.3) is 22.0 Å². The van der Waals surface area contributed by atoms with E-state index in [0.29, 0.717) is 35.4 Å². The maximum absolute atomic E-state index is 13.7. The van der Waals surface area contributed by atoms with Gasteiger partial charge in [-0.25, -0.2) is 9.97 Å². The summed E-state index contributed by atoms with van der Waals surface area (Å²) in [5, 5.41) is 8.27. The van der Waals surface area contributed by atoms with Crippen LogP contribution in [0.4, 0.5) is 0 Å². The Bertz CT molecular complexity index is 1420. The molecule has 1 aromatic carbocycles. The van der Waals surface area contributed by atoms with Crippen molar-refractivity contribution in [3.8, 4) is 11.1 Å². The number of nitrogens with one attached hydrogen (secondary N) is 1. The third-order valence-corrected chi connectivity index (χ3v) is 7.88. The zero-order valence-electron chi connectivity index (χ0n) is 23.0. The van der Waals surface area contributed by atoms with Crippen LogP contribution in [0.15, 0.2) is 30.6 Å². The SMILES string of the molecule is CC(=O)c1nn(CC(=O)N2C3C[C@]3(C)C[C@H]2C(=O)NCCC(C)(C)C)c2ccc(-c3cnc(C)nc3)cc12. The minimum Gasteiger partial charge on any atom is -0.354 e. The minimum absolute atomic E-state index is 0.0105. The molecule has 3 atom stereocenters. The van der Waals surface area contributed by atoms with Gasteiger partial charge in [-0.2, -0.15) is 5.10 Å². The lowest BCUT2D eigenvalue weighted by atomic mass is 9.92. The van der Waals surface area contributed by atoms with Crippen LogP contribution in [-0.4, -0.2) is 60.9 Å². The van der Waals surface area contributed by atoms with Crippen molar-refractivity contribution in [1.29, 1.82) is 0 Å². The summed E-state index contributed by atoms with van der Waals surface area (Å²) in [4.78, 5) is 49.6. The van der Waals surface area contributed by atoms with Crippen molar-refractivity contribution in [3.05, 3.63) is 42.1 Å². The molecule has 1 aliphatic carbocycles. The first-order chi connectivity index (χ1) is 17.9. The van der Waals surface area contributed by atoms with Crippen molar-refractivity contribution >= 4 is 28.5 Å². The van der Waals surface area contributed by atoms with E-state index in [1.165, 1.54) is 6.92 Å². The highest BCUT2D eigenvalue weighted by Crippen LogP contribution is 2.59. The molecule has 1 saturated heterocycles. The van der Waals surface area contributed by atoms with Gasteiger partial charge < -0.3 is 10.2 Å². The molecule has 9 nitrogen and oxygen atoms in total. The predicted octanol–water partition coefficient (Wildman–Crippen LogP) is 3.94. The molecule has 9 heteroatoms. The first kappa shape index (κ1) is 26.0. The first-order valence-electron chi connectivity index (χ1n) is 13.3. The number of aryl methyl sites for hydroxylation is 1. The average Bonchev–Trinajstić information content (AvgIpc) is 3.21. The number of aromatic nitrogens is 4. The zero-order valence-corrected chi connectivity index (χ0v) is 23.0. The molecule has 3 aromatic rings. The quantitative estimate of drug-likeness (QED) is 0.477. The Morgan fingerprint density at radius 3 is 2.47 bits per heavy atom. The fourth-order valence-electron chi connectivity index (χ4n) is 5.53. The number of benzene rings is 1. The number of hydrogen-bond acceptors (Lipinski definition) is 6. The molecule has 2 fully saturated rings. The van der Waals surface area contributed by atoms with Crippen molar-refractivity contribution in [2.24, 2.45) is 10.8 Å². The molecule has 2 amide bonds. The molecule has 1 unspecified atom stereocenters. The standard InChI is InChI=1S/C29H36N6O3/c1-17(36)26-21-11-19(20-14-31-18(2)32-15-20)7-8-22(21)34(33-26)16-25(37)35-23(12-29(6)13-24(29)35)27(38)30-10-9-28(3,4)5/h7-8,11,14-15,23-24H,9-10,12-13,16H2,1-6H3,(H,30,38)/t23-,24?,29-/m0/s1. The number of fused-ring (bicyclic) bond motifs is 2. The topological polar surface area (TPSA) is 110 Å². The molecule has 2 aromatic heterocycles. The normalized spacial score (nSPS) is 22.4. The van der Waals surface area contributed by atoms with Crippen molar-refractivity contribution in [2.45, 2.75) is 79.4 Å². The van der Waals surface area contributed by atoms with Crippen molar-refractivity contribution in [1.82, 2.24) is 30.0 Å². The molecule has 1 aliphatic heterocycles. The van der Waals surface area contributed by atoms with E-state index in [9.17, 15) is 14.4 Å². The summed E-state index contributed by atoms with van der Waals surface area (Å²) in [6.07, 6.45) is 5.94. The fourth-order valence-corrected chi connectivity index (χ4v) is 5.53. The number of carbonyl (C=O) groups excluding carboxylic acids is 3. The number of ketones is 1. The molecular weight excluding hydrogens is 480 g/mol.